The first-order valence-corrected chi connectivity index (χ1v) is 3.35. The Balaban J connectivity index is 2.25. The van der Waals surface area contributed by atoms with Gasteiger partial charge in [-0.2, -0.15) is 0 Å². The summed E-state index contributed by atoms with van der Waals surface area (Å²) in [5.74, 6) is 0.999. The fraction of sp³-hybridized carbons (Fsp3) is 0.750. The normalized spacial score (nSPS) is 22.6. The highest BCUT2D eigenvalue weighted by atomic mass is 32.2. The molecule has 1 aliphatic rings. The molecule has 40 valence electrons. The van der Waals surface area contributed by atoms with Gasteiger partial charge in [-0.15, -0.1) is 0 Å². The van der Waals surface area contributed by atoms with E-state index in [1.807, 2.05) is 5.32 Å². The second kappa shape index (κ2) is 2.33. The second-order valence-corrected chi connectivity index (χ2v) is 2.65. The van der Waals surface area contributed by atoms with Gasteiger partial charge in [0.2, 0.25) is 5.12 Å². The molecular formula is C4H8NOS+. The number of carbonyl (C=O) groups is 1. The van der Waals surface area contributed by atoms with E-state index in [-0.39, 0.29) is 0 Å². The molecule has 1 rings (SSSR count). The Bertz CT molecular complexity index is 75.8. The highest BCUT2D eigenvalue weighted by Gasteiger charge is 2.09. The van der Waals surface area contributed by atoms with Gasteiger partial charge in [-0.05, 0) is 0 Å². The number of rotatable bonds is 0. The molecule has 0 aromatic heterocycles. The first-order chi connectivity index (χ1) is 3.39. The van der Waals surface area contributed by atoms with E-state index in [0.29, 0.717) is 11.7 Å². The van der Waals surface area contributed by atoms with Crippen molar-refractivity contribution >= 4 is 16.9 Å². The van der Waals surface area contributed by atoms with Crippen molar-refractivity contribution in [3.8, 4) is 0 Å². The standard InChI is InChI=1S/C4H7NOS/c6-4-3-5-1-2-7-4/h5H,1-3H2/p+1. The molecule has 7 heavy (non-hydrogen) atoms. The summed E-state index contributed by atoms with van der Waals surface area (Å²) in [5, 5.41) is 2.37. The number of thioether (sulfide) groups is 1. The molecule has 0 bridgehead atoms. The molecule has 2 N–H and O–H groups in total. The van der Waals surface area contributed by atoms with Crippen LogP contribution in [0.3, 0.4) is 0 Å². The van der Waals surface area contributed by atoms with Crippen LogP contribution in [0.5, 0.6) is 0 Å². The largest absolute Gasteiger partial charge is 0.339 e. The Labute approximate surface area is 46.7 Å². The first kappa shape index (κ1) is 5.12. The quantitative estimate of drug-likeness (QED) is 0.434. The van der Waals surface area contributed by atoms with E-state index in [4.69, 9.17) is 0 Å². The van der Waals surface area contributed by atoms with Crippen molar-refractivity contribution in [1.82, 2.24) is 0 Å². The topological polar surface area (TPSA) is 33.7 Å². The minimum atomic E-state index is 0.325. The zero-order valence-electron chi connectivity index (χ0n) is 4.02. The molecule has 1 heterocycles. The van der Waals surface area contributed by atoms with Crippen molar-refractivity contribution in [2.75, 3.05) is 18.8 Å². The summed E-state index contributed by atoms with van der Waals surface area (Å²) in [6.45, 7) is 1.79. The molecule has 0 amide bonds. The van der Waals surface area contributed by atoms with Crippen LogP contribution in [-0.2, 0) is 4.79 Å². The van der Waals surface area contributed by atoms with Gasteiger partial charge in [0.1, 0.15) is 6.54 Å². The number of hydrogen-bond donors (Lipinski definition) is 1. The summed E-state index contributed by atoms with van der Waals surface area (Å²) >= 11 is 1.45. The Kier molecular flexibility index (Phi) is 1.70. The monoisotopic (exact) mass is 118 g/mol. The van der Waals surface area contributed by atoms with Crippen molar-refractivity contribution in [2.24, 2.45) is 0 Å². The molecule has 1 aliphatic heterocycles. The summed E-state index contributed by atoms with van der Waals surface area (Å²) < 4.78 is 0. The fourth-order valence-electron chi connectivity index (χ4n) is 0.535. The summed E-state index contributed by atoms with van der Waals surface area (Å²) in [5.41, 5.74) is 0. The molecule has 0 aromatic rings. The van der Waals surface area contributed by atoms with Gasteiger partial charge in [-0.25, -0.2) is 0 Å². The maximum absolute atomic E-state index is 10.4. The van der Waals surface area contributed by atoms with Crippen LogP contribution in [0.2, 0.25) is 0 Å². The van der Waals surface area contributed by atoms with E-state index in [2.05, 4.69) is 0 Å². The van der Waals surface area contributed by atoms with Gasteiger partial charge in [0.25, 0.3) is 0 Å². The number of carbonyl (C=O) groups excluding carboxylic acids is 1. The SMILES string of the molecule is O=C1C[NH2+]CCS1. The molecule has 0 aromatic carbocycles. The third-order valence-electron chi connectivity index (χ3n) is 0.896. The van der Waals surface area contributed by atoms with Crippen LogP contribution in [0.15, 0.2) is 0 Å². The lowest BCUT2D eigenvalue weighted by molar-refractivity contribution is -0.640. The molecule has 0 radical (unpaired) electrons. The van der Waals surface area contributed by atoms with Gasteiger partial charge in [0, 0.05) is 0 Å². The zero-order valence-corrected chi connectivity index (χ0v) is 4.83. The molecule has 0 aliphatic carbocycles. The van der Waals surface area contributed by atoms with Crippen LogP contribution in [-0.4, -0.2) is 24.0 Å². The Morgan fingerprint density at radius 1 is 1.71 bits per heavy atom. The van der Waals surface area contributed by atoms with E-state index >= 15 is 0 Å². The predicted molar refractivity (Wildman–Crippen MR) is 29.1 cm³/mol. The van der Waals surface area contributed by atoms with Gasteiger partial charge >= 0.3 is 0 Å². The van der Waals surface area contributed by atoms with Crippen LogP contribution < -0.4 is 5.32 Å². The highest BCUT2D eigenvalue weighted by molar-refractivity contribution is 8.13. The molecule has 0 saturated carbocycles. The summed E-state index contributed by atoms with van der Waals surface area (Å²) in [6.07, 6.45) is 0. The lowest BCUT2D eigenvalue weighted by Crippen LogP contribution is -2.87. The maximum atomic E-state index is 10.4. The van der Waals surface area contributed by atoms with Crippen LogP contribution in [0.25, 0.3) is 0 Å². The van der Waals surface area contributed by atoms with E-state index in [1.54, 1.807) is 0 Å². The smallest absolute Gasteiger partial charge is 0.243 e. The molecule has 1 fully saturated rings. The third kappa shape index (κ3) is 1.49. The Morgan fingerprint density at radius 3 is 2.86 bits per heavy atom. The molecule has 3 heteroatoms. The Hall–Kier alpha value is -0.0200. The van der Waals surface area contributed by atoms with Crippen molar-refractivity contribution in [3.63, 3.8) is 0 Å². The van der Waals surface area contributed by atoms with Crippen LogP contribution in [0.1, 0.15) is 0 Å². The highest BCUT2D eigenvalue weighted by Crippen LogP contribution is 1.98. The van der Waals surface area contributed by atoms with Gasteiger partial charge in [0.05, 0.1) is 12.3 Å². The number of nitrogens with two attached hydrogens (primary N) is 1. The van der Waals surface area contributed by atoms with E-state index < -0.39 is 0 Å². The van der Waals surface area contributed by atoms with Crippen LogP contribution in [0.4, 0.5) is 0 Å². The first-order valence-electron chi connectivity index (χ1n) is 2.37. The molecular weight excluding hydrogens is 110 g/mol. The molecule has 0 spiro atoms. The summed E-state index contributed by atoms with van der Waals surface area (Å²) in [7, 11) is 0. The molecule has 0 atom stereocenters. The van der Waals surface area contributed by atoms with Crippen molar-refractivity contribution in [2.45, 2.75) is 0 Å². The summed E-state index contributed by atoms with van der Waals surface area (Å²) in [6, 6.07) is 0. The number of quaternary nitrogens is 1. The lowest BCUT2D eigenvalue weighted by atomic mass is 10.6. The van der Waals surface area contributed by atoms with Gasteiger partial charge in [0.15, 0.2) is 0 Å². The maximum Gasteiger partial charge on any atom is 0.243 e. The molecule has 2 nitrogen and oxygen atoms in total. The Morgan fingerprint density at radius 2 is 2.57 bits per heavy atom. The van der Waals surface area contributed by atoms with Crippen molar-refractivity contribution in [1.29, 1.82) is 0 Å². The predicted octanol–water partition coefficient (Wildman–Crippen LogP) is -1.18. The zero-order chi connectivity index (χ0) is 5.11. The fourth-order valence-corrected chi connectivity index (χ4v) is 1.28. The van der Waals surface area contributed by atoms with E-state index in [1.165, 1.54) is 11.8 Å². The molecule has 0 unspecified atom stereocenters. The van der Waals surface area contributed by atoms with Crippen molar-refractivity contribution < 1.29 is 10.1 Å². The lowest BCUT2D eigenvalue weighted by Gasteiger charge is -2.04. The van der Waals surface area contributed by atoms with Gasteiger partial charge < -0.3 is 5.32 Å². The van der Waals surface area contributed by atoms with Crippen LogP contribution >= 0.6 is 11.8 Å². The summed E-state index contributed by atoms with van der Waals surface area (Å²) in [4.78, 5) is 10.4. The average Bonchev–Trinajstić information content (AvgIpc) is 1.69. The van der Waals surface area contributed by atoms with Gasteiger partial charge in [-0.1, -0.05) is 11.8 Å². The third-order valence-corrected chi connectivity index (χ3v) is 1.82. The van der Waals surface area contributed by atoms with Crippen LogP contribution in [0, 0.1) is 0 Å². The minimum absolute atomic E-state index is 0.325. The number of hydrogen-bond acceptors (Lipinski definition) is 2. The average molecular weight is 118 g/mol. The molecule has 1 saturated heterocycles. The van der Waals surface area contributed by atoms with Gasteiger partial charge in [-0.3, -0.25) is 4.79 Å². The van der Waals surface area contributed by atoms with Crippen molar-refractivity contribution in [3.05, 3.63) is 0 Å². The minimum Gasteiger partial charge on any atom is -0.339 e. The second-order valence-electron chi connectivity index (χ2n) is 1.50. The van der Waals surface area contributed by atoms with E-state index in [0.717, 1.165) is 12.3 Å². The van der Waals surface area contributed by atoms with E-state index in [9.17, 15) is 4.79 Å².